The van der Waals surface area contributed by atoms with Crippen molar-refractivity contribution in [3.63, 3.8) is 0 Å². The molecule has 19 heavy (non-hydrogen) atoms. The van der Waals surface area contributed by atoms with E-state index in [1.807, 2.05) is 36.4 Å². The number of aromatic nitrogens is 2. The van der Waals surface area contributed by atoms with Gasteiger partial charge >= 0.3 is 0 Å². The maximum atomic E-state index is 5.90. The van der Waals surface area contributed by atoms with Gasteiger partial charge in [-0.2, -0.15) is 0 Å². The molecule has 0 saturated heterocycles. The summed E-state index contributed by atoms with van der Waals surface area (Å²) in [6, 6.07) is 11.5. The Morgan fingerprint density at radius 1 is 1.00 bits per heavy atom. The molecule has 94 valence electrons. The Bertz CT molecular complexity index is 726. The zero-order chi connectivity index (χ0) is 13.2. The van der Waals surface area contributed by atoms with Crippen molar-refractivity contribution in [1.29, 1.82) is 0 Å². The molecule has 3 rings (SSSR count). The van der Waals surface area contributed by atoms with E-state index in [2.05, 4.69) is 41.8 Å². The van der Waals surface area contributed by atoms with Gasteiger partial charge < -0.3 is 4.74 Å². The second-order valence-electron chi connectivity index (χ2n) is 3.90. The molecule has 0 bridgehead atoms. The van der Waals surface area contributed by atoms with Crippen LogP contribution in [0.25, 0.3) is 10.9 Å². The fourth-order valence-corrected chi connectivity index (χ4v) is 2.88. The fourth-order valence-electron chi connectivity index (χ4n) is 1.72. The van der Waals surface area contributed by atoms with E-state index in [0.29, 0.717) is 0 Å². The van der Waals surface area contributed by atoms with Gasteiger partial charge in [0.05, 0.1) is 14.5 Å². The summed E-state index contributed by atoms with van der Waals surface area (Å²) in [6.45, 7) is 0. The molecule has 0 aliphatic heterocycles. The van der Waals surface area contributed by atoms with Crippen molar-refractivity contribution in [3.05, 3.63) is 57.9 Å². The minimum absolute atomic E-state index is 0.745. The molecule has 0 spiro atoms. The zero-order valence-corrected chi connectivity index (χ0v) is 12.8. The van der Waals surface area contributed by atoms with Crippen LogP contribution in [-0.4, -0.2) is 9.97 Å². The second kappa shape index (κ2) is 5.27. The quantitative estimate of drug-likeness (QED) is 0.632. The predicted molar refractivity (Wildman–Crippen MR) is 81.5 cm³/mol. The molecule has 0 aliphatic rings. The Balaban J connectivity index is 2.01. The first-order valence-corrected chi connectivity index (χ1v) is 7.14. The topological polar surface area (TPSA) is 35.0 Å². The molecule has 1 aromatic heterocycles. The van der Waals surface area contributed by atoms with Crippen molar-refractivity contribution in [3.8, 4) is 11.5 Å². The lowest BCUT2D eigenvalue weighted by Crippen LogP contribution is -1.88. The lowest BCUT2D eigenvalue weighted by atomic mass is 10.2. The third kappa shape index (κ3) is 2.62. The number of para-hydroxylation sites is 1. The maximum Gasteiger partial charge on any atom is 0.155 e. The van der Waals surface area contributed by atoms with Crippen LogP contribution in [0.4, 0.5) is 0 Å². The Morgan fingerprint density at radius 2 is 1.79 bits per heavy atom. The van der Waals surface area contributed by atoms with Crippen LogP contribution in [0.1, 0.15) is 0 Å². The molecule has 2 aromatic carbocycles. The van der Waals surface area contributed by atoms with E-state index in [9.17, 15) is 0 Å². The van der Waals surface area contributed by atoms with Crippen LogP contribution < -0.4 is 4.74 Å². The highest BCUT2D eigenvalue weighted by molar-refractivity contribution is 9.11. The number of hydrogen-bond acceptors (Lipinski definition) is 3. The normalized spacial score (nSPS) is 10.6. The molecule has 0 atom stereocenters. The van der Waals surface area contributed by atoms with E-state index in [0.717, 1.165) is 31.3 Å². The summed E-state index contributed by atoms with van der Waals surface area (Å²) in [5.74, 6) is 1.49. The molecule has 0 aliphatic carbocycles. The molecule has 0 saturated carbocycles. The SMILES string of the molecule is Brc1cccc(Br)c1Oc1ccc2ncncc2c1. The van der Waals surface area contributed by atoms with Crippen molar-refractivity contribution in [2.45, 2.75) is 0 Å². The number of rotatable bonds is 2. The van der Waals surface area contributed by atoms with Gasteiger partial charge in [0, 0.05) is 11.6 Å². The fraction of sp³-hybridized carbons (Fsp3) is 0. The van der Waals surface area contributed by atoms with E-state index in [1.54, 1.807) is 6.20 Å². The number of benzene rings is 2. The average molecular weight is 380 g/mol. The van der Waals surface area contributed by atoms with Gasteiger partial charge in [-0.3, -0.25) is 0 Å². The minimum atomic E-state index is 0.745. The van der Waals surface area contributed by atoms with Crippen molar-refractivity contribution in [1.82, 2.24) is 9.97 Å². The molecule has 0 unspecified atom stereocenters. The van der Waals surface area contributed by atoms with E-state index < -0.39 is 0 Å². The van der Waals surface area contributed by atoms with E-state index >= 15 is 0 Å². The third-order valence-corrected chi connectivity index (χ3v) is 3.86. The smallest absolute Gasteiger partial charge is 0.155 e. The van der Waals surface area contributed by atoms with E-state index in [1.165, 1.54) is 6.33 Å². The number of fused-ring (bicyclic) bond motifs is 1. The Morgan fingerprint density at radius 3 is 2.58 bits per heavy atom. The van der Waals surface area contributed by atoms with E-state index in [4.69, 9.17) is 4.74 Å². The number of nitrogens with zero attached hydrogens (tertiary/aromatic N) is 2. The highest BCUT2D eigenvalue weighted by Gasteiger charge is 2.07. The highest BCUT2D eigenvalue weighted by atomic mass is 79.9. The van der Waals surface area contributed by atoms with Crippen LogP contribution >= 0.6 is 31.9 Å². The molecule has 3 aromatic rings. The van der Waals surface area contributed by atoms with Gasteiger partial charge in [-0.05, 0) is 62.2 Å². The lowest BCUT2D eigenvalue weighted by molar-refractivity contribution is 0.477. The number of halogens is 2. The summed E-state index contributed by atoms with van der Waals surface area (Å²) in [5.41, 5.74) is 0.897. The van der Waals surface area contributed by atoms with Gasteiger partial charge in [0.15, 0.2) is 5.75 Å². The molecule has 5 heteroatoms. The van der Waals surface area contributed by atoms with Crippen LogP contribution in [0, 0.1) is 0 Å². The molecule has 1 heterocycles. The van der Waals surface area contributed by atoms with E-state index in [-0.39, 0.29) is 0 Å². The Kier molecular flexibility index (Phi) is 3.48. The number of ether oxygens (including phenoxy) is 1. The molecule has 0 fully saturated rings. The van der Waals surface area contributed by atoms with Crippen LogP contribution in [-0.2, 0) is 0 Å². The summed E-state index contributed by atoms with van der Waals surface area (Å²) in [5, 5.41) is 0.947. The van der Waals surface area contributed by atoms with Crippen LogP contribution in [0.15, 0.2) is 57.9 Å². The Labute approximate surface area is 126 Å². The van der Waals surface area contributed by atoms with Crippen LogP contribution in [0.3, 0.4) is 0 Å². The first-order chi connectivity index (χ1) is 9.24. The summed E-state index contributed by atoms with van der Waals surface area (Å²) in [4.78, 5) is 8.19. The van der Waals surface area contributed by atoms with Crippen LogP contribution in [0.5, 0.6) is 11.5 Å². The van der Waals surface area contributed by atoms with Gasteiger partial charge in [0.1, 0.15) is 12.1 Å². The van der Waals surface area contributed by atoms with Crippen molar-refractivity contribution in [2.24, 2.45) is 0 Å². The third-order valence-electron chi connectivity index (χ3n) is 2.61. The second-order valence-corrected chi connectivity index (χ2v) is 5.60. The summed E-state index contributed by atoms with van der Waals surface area (Å²) in [6.07, 6.45) is 3.30. The first-order valence-electron chi connectivity index (χ1n) is 5.56. The largest absolute Gasteiger partial charge is 0.455 e. The van der Waals surface area contributed by atoms with Crippen LogP contribution in [0.2, 0.25) is 0 Å². The van der Waals surface area contributed by atoms with Crippen molar-refractivity contribution >= 4 is 42.8 Å². The molecule has 0 amide bonds. The minimum Gasteiger partial charge on any atom is -0.455 e. The molecule has 0 radical (unpaired) electrons. The maximum absolute atomic E-state index is 5.90. The van der Waals surface area contributed by atoms with Gasteiger partial charge in [0.2, 0.25) is 0 Å². The Hall–Kier alpha value is -1.46. The zero-order valence-electron chi connectivity index (χ0n) is 9.68. The summed E-state index contributed by atoms with van der Waals surface area (Å²) < 4.78 is 7.69. The number of hydrogen-bond donors (Lipinski definition) is 0. The molecule has 3 nitrogen and oxygen atoms in total. The average Bonchev–Trinajstić information content (AvgIpc) is 2.43. The van der Waals surface area contributed by atoms with Gasteiger partial charge in [0.25, 0.3) is 0 Å². The standard InChI is InChI=1S/C14H8Br2N2O/c15-11-2-1-3-12(16)14(11)19-10-4-5-13-9(6-10)7-17-8-18-13/h1-8H. The monoisotopic (exact) mass is 378 g/mol. The van der Waals surface area contributed by atoms with Crippen molar-refractivity contribution in [2.75, 3.05) is 0 Å². The lowest BCUT2D eigenvalue weighted by Gasteiger charge is -2.10. The van der Waals surface area contributed by atoms with Gasteiger partial charge in [-0.15, -0.1) is 0 Å². The molecule has 0 N–H and O–H groups in total. The highest BCUT2D eigenvalue weighted by Crippen LogP contribution is 2.36. The van der Waals surface area contributed by atoms with Crippen molar-refractivity contribution < 1.29 is 4.74 Å². The summed E-state index contributed by atoms with van der Waals surface area (Å²) >= 11 is 6.95. The molecular formula is C14H8Br2N2O. The summed E-state index contributed by atoms with van der Waals surface area (Å²) in [7, 11) is 0. The van der Waals surface area contributed by atoms with Gasteiger partial charge in [-0.25, -0.2) is 9.97 Å². The van der Waals surface area contributed by atoms with Gasteiger partial charge in [-0.1, -0.05) is 6.07 Å². The first kappa shape index (κ1) is 12.6. The predicted octanol–water partition coefficient (Wildman–Crippen LogP) is 4.95. The molecular weight excluding hydrogens is 372 g/mol.